The van der Waals surface area contributed by atoms with Gasteiger partial charge in [0.2, 0.25) is 10.0 Å². The van der Waals surface area contributed by atoms with E-state index in [9.17, 15) is 13.2 Å². The largest absolute Gasteiger partial charge is 0.493 e. The first kappa shape index (κ1) is 22.4. The van der Waals surface area contributed by atoms with Gasteiger partial charge < -0.3 is 9.47 Å². The molecule has 0 saturated carbocycles. The zero-order valence-corrected chi connectivity index (χ0v) is 17.7. The highest BCUT2D eigenvalue weighted by molar-refractivity contribution is 7.89. The van der Waals surface area contributed by atoms with Crippen molar-refractivity contribution >= 4 is 21.6 Å². The number of methoxy groups -OCH3 is 2. The molecule has 2 rings (SSSR count). The van der Waals surface area contributed by atoms with E-state index in [1.165, 1.54) is 32.4 Å². The van der Waals surface area contributed by atoms with Crippen LogP contribution >= 0.6 is 0 Å². The maximum Gasteiger partial charge on any atom is 0.255 e. The lowest BCUT2D eigenvalue weighted by molar-refractivity contribution is -0.121. The molecule has 0 atom stereocenters. The van der Waals surface area contributed by atoms with Gasteiger partial charge in [0.05, 0.1) is 25.7 Å². The number of benzene rings is 2. The maximum atomic E-state index is 13.3. The number of nitrogens with one attached hydrogen (secondary N) is 1. The molecular formula is C20H25N3O5S. The molecular weight excluding hydrogens is 394 g/mol. The molecule has 0 unspecified atom stereocenters. The highest BCUT2D eigenvalue weighted by atomic mass is 32.2. The molecule has 9 heteroatoms. The second kappa shape index (κ2) is 10.0. The van der Waals surface area contributed by atoms with Crippen molar-refractivity contribution in [2.24, 2.45) is 5.10 Å². The Morgan fingerprint density at radius 1 is 1.03 bits per heavy atom. The van der Waals surface area contributed by atoms with E-state index >= 15 is 0 Å². The molecule has 1 N–H and O–H groups in total. The number of carbonyl (C=O) groups excluding carboxylic acids is 1. The monoisotopic (exact) mass is 419 g/mol. The lowest BCUT2D eigenvalue weighted by atomic mass is 10.2. The second-order valence-corrected chi connectivity index (χ2v) is 8.31. The molecule has 8 nitrogen and oxygen atoms in total. The molecule has 0 spiro atoms. The molecule has 0 heterocycles. The smallest absolute Gasteiger partial charge is 0.255 e. The van der Waals surface area contributed by atoms with Crippen LogP contribution in [-0.2, 0) is 21.4 Å². The minimum absolute atomic E-state index is 0.00551. The van der Waals surface area contributed by atoms with Gasteiger partial charge in [-0.3, -0.25) is 4.79 Å². The van der Waals surface area contributed by atoms with Crippen LogP contribution in [0.3, 0.4) is 0 Å². The third-order valence-corrected chi connectivity index (χ3v) is 5.71. The average molecular weight is 420 g/mol. The van der Waals surface area contributed by atoms with Crippen molar-refractivity contribution < 1.29 is 22.7 Å². The normalized spacial score (nSPS) is 11.1. The summed E-state index contributed by atoms with van der Waals surface area (Å²) in [5.41, 5.74) is 3.76. The van der Waals surface area contributed by atoms with Crippen LogP contribution in [0, 0.1) is 0 Å². The highest BCUT2D eigenvalue weighted by Crippen LogP contribution is 2.31. The van der Waals surface area contributed by atoms with E-state index in [1.54, 1.807) is 38.1 Å². The molecule has 156 valence electrons. The molecule has 1 amide bonds. The van der Waals surface area contributed by atoms with Crippen LogP contribution in [-0.4, -0.2) is 45.1 Å². The summed E-state index contributed by atoms with van der Waals surface area (Å²) in [5.74, 6) is 0.154. The third kappa shape index (κ3) is 6.03. The van der Waals surface area contributed by atoms with Crippen molar-refractivity contribution in [1.29, 1.82) is 0 Å². The number of ether oxygens (including phenoxy) is 2. The fraction of sp³-hybridized carbons (Fsp3) is 0.300. The Morgan fingerprint density at radius 2 is 1.69 bits per heavy atom. The molecule has 0 aliphatic rings. The van der Waals surface area contributed by atoms with Crippen LogP contribution in [0.2, 0.25) is 0 Å². The summed E-state index contributed by atoms with van der Waals surface area (Å²) in [6.07, 6.45) is 0. The summed E-state index contributed by atoms with van der Waals surface area (Å²) in [6.45, 7) is 3.09. The number of hydrogen-bond donors (Lipinski definition) is 1. The van der Waals surface area contributed by atoms with Gasteiger partial charge >= 0.3 is 0 Å². The Kier molecular flexibility index (Phi) is 7.74. The molecule has 0 radical (unpaired) electrons. The van der Waals surface area contributed by atoms with Gasteiger partial charge in [-0.05, 0) is 31.5 Å². The second-order valence-electron chi connectivity index (χ2n) is 6.37. The van der Waals surface area contributed by atoms with E-state index in [1.807, 2.05) is 6.07 Å². The summed E-state index contributed by atoms with van der Waals surface area (Å²) >= 11 is 0. The van der Waals surface area contributed by atoms with Gasteiger partial charge in [0.1, 0.15) is 0 Å². The fourth-order valence-corrected chi connectivity index (χ4v) is 3.91. The number of nitrogens with zero attached hydrogens (tertiary/aromatic N) is 2. The maximum absolute atomic E-state index is 13.3. The first-order chi connectivity index (χ1) is 13.8. The topological polar surface area (TPSA) is 97.3 Å². The van der Waals surface area contributed by atoms with Crippen LogP contribution in [0.1, 0.15) is 19.4 Å². The summed E-state index contributed by atoms with van der Waals surface area (Å²) in [5, 5.41) is 3.85. The Morgan fingerprint density at radius 3 is 2.28 bits per heavy atom. The molecule has 2 aromatic rings. The standard InChI is InChI=1S/C20H25N3O5S/c1-15(2)21-22-20(24)14-23(13-16-8-6-5-7-9-16)29(25,26)17-10-11-18(27-3)19(12-17)28-4/h5-12H,13-14H2,1-4H3,(H,22,24). The van der Waals surface area contributed by atoms with E-state index in [0.717, 1.165) is 9.87 Å². The van der Waals surface area contributed by atoms with Gasteiger partial charge in [-0.15, -0.1) is 0 Å². The van der Waals surface area contributed by atoms with Gasteiger partial charge in [-0.2, -0.15) is 9.41 Å². The van der Waals surface area contributed by atoms with Crippen molar-refractivity contribution in [3.63, 3.8) is 0 Å². The van der Waals surface area contributed by atoms with Gasteiger partial charge in [0.15, 0.2) is 11.5 Å². The summed E-state index contributed by atoms with van der Waals surface area (Å²) in [4.78, 5) is 12.3. The molecule has 0 bridgehead atoms. The van der Waals surface area contributed by atoms with E-state index in [0.29, 0.717) is 11.5 Å². The molecule has 0 saturated heterocycles. The Bertz CT molecular complexity index is 971. The average Bonchev–Trinajstić information content (AvgIpc) is 2.71. The quantitative estimate of drug-likeness (QED) is 0.497. The Hall–Kier alpha value is -2.91. The fourth-order valence-electron chi connectivity index (χ4n) is 2.51. The lowest BCUT2D eigenvalue weighted by Gasteiger charge is -2.22. The summed E-state index contributed by atoms with van der Waals surface area (Å²) < 4.78 is 38.1. The first-order valence-electron chi connectivity index (χ1n) is 8.83. The van der Waals surface area contributed by atoms with Crippen LogP contribution in [0.25, 0.3) is 0 Å². The van der Waals surface area contributed by atoms with E-state index in [-0.39, 0.29) is 23.7 Å². The number of hydrazone groups is 1. The number of rotatable bonds is 9. The summed E-state index contributed by atoms with van der Waals surface area (Å²) in [6, 6.07) is 13.3. The third-order valence-electron chi connectivity index (χ3n) is 3.92. The van der Waals surface area contributed by atoms with E-state index in [2.05, 4.69) is 10.5 Å². The molecule has 0 aromatic heterocycles. The molecule has 0 fully saturated rings. The Labute approximate surface area is 171 Å². The van der Waals surface area contributed by atoms with Crippen LogP contribution in [0.5, 0.6) is 11.5 Å². The van der Waals surface area contributed by atoms with Crippen molar-refractivity contribution in [2.45, 2.75) is 25.3 Å². The van der Waals surface area contributed by atoms with Crippen molar-refractivity contribution in [2.75, 3.05) is 20.8 Å². The summed E-state index contributed by atoms with van der Waals surface area (Å²) in [7, 11) is -1.11. The van der Waals surface area contributed by atoms with E-state index < -0.39 is 15.9 Å². The number of sulfonamides is 1. The van der Waals surface area contributed by atoms with Crippen molar-refractivity contribution in [3.8, 4) is 11.5 Å². The Balaban J connectivity index is 2.39. The van der Waals surface area contributed by atoms with Crippen LogP contribution in [0.4, 0.5) is 0 Å². The van der Waals surface area contributed by atoms with Crippen molar-refractivity contribution in [1.82, 2.24) is 9.73 Å². The predicted octanol–water partition coefficient (Wildman–Crippen LogP) is 2.41. The van der Waals surface area contributed by atoms with Crippen LogP contribution in [0.15, 0.2) is 58.5 Å². The van der Waals surface area contributed by atoms with Crippen LogP contribution < -0.4 is 14.9 Å². The van der Waals surface area contributed by atoms with Gasteiger partial charge in [0, 0.05) is 18.3 Å². The minimum atomic E-state index is -4.00. The zero-order chi connectivity index (χ0) is 21.4. The number of amides is 1. The van der Waals surface area contributed by atoms with E-state index in [4.69, 9.17) is 9.47 Å². The lowest BCUT2D eigenvalue weighted by Crippen LogP contribution is -2.39. The van der Waals surface area contributed by atoms with Crippen molar-refractivity contribution in [3.05, 3.63) is 54.1 Å². The van der Waals surface area contributed by atoms with Gasteiger partial charge in [-0.1, -0.05) is 30.3 Å². The molecule has 29 heavy (non-hydrogen) atoms. The van der Waals surface area contributed by atoms with Gasteiger partial charge in [-0.25, -0.2) is 13.8 Å². The highest BCUT2D eigenvalue weighted by Gasteiger charge is 2.28. The minimum Gasteiger partial charge on any atom is -0.493 e. The molecule has 0 aliphatic carbocycles. The number of hydrogen-bond acceptors (Lipinski definition) is 6. The number of carbonyl (C=O) groups is 1. The SMILES string of the molecule is COc1ccc(S(=O)(=O)N(CC(=O)NN=C(C)C)Cc2ccccc2)cc1OC. The molecule has 2 aromatic carbocycles. The predicted molar refractivity (Wildman–Crippen MR) is 111 cm³/mol. The zero-order valence-electron chi connectivity index (χ0n) is 16.9. The van der Waals surface area contributed by atoms with Gasteiger partial charge in [0.25, 0.3) is 5.91 Å². The molecule has 0 aliphatic heterocycles. The first-order valence-corrected chi connectivity index (χ1v) is 10.3.